The Bertz CT molecular complexity index is 516. The average Bonchev–Trinajstić information content (AvgIpc) is 2.81. The predicted molar refractivity (Wildman–Crippen MR) is 67.4 cm³/mol. The largest absolute Gasteiger partial charge is 0.508 e. The summed E-state index contributed by atoms with van der Waals surface area (Å²) in [6.45, 7) is 0. The van der Waals surface area contributed by atoms with Gasteiger partial charge in [0.2, 0.25) is 0 Å². The van der Waals surface area contributed by atoms with Crippen molar-refractivity contribution in [3.8, 4) is 11.8 Å². The molecular weight excluding hydrogens is 252 g/mol. The molecule has 18 heavy (non-hydrogen) atoms. The highest BCUT2D eigenvalue weighted by atomic mass is 35.5. The number of aromatic hydroxyl groups is 1. The molecule has 0 aliphatic heterocycles. The Balaban J connectivity index is 2.22. The van der Waals surface area contributed by atoms with Crippen LogP contribution >= 0.6 is 11.6 Å². The average molecular weight is 265 g/mol. The van der Waals surface area contributed by atoms with E-state index in [0.717, 1.165) is 12.8 Å². The molecule has 5 heteroatoms. The zero-order valence-electron chi connectivity index (χ0n) is 9.74. The fourth-order valence-corrected chi connectivity index (χ4v) is 2.42. The van der Waals surface area contributed by atoms with Crippen molar-refractivity contribution in [2.24, 2.45) is 0 Å². The van der Waals surface area contributed by atoms with Gasteiger partial charge in [-0.15, -0.1) is 0 Å². The number of hydrogen-bond donors (Lipinski definition) is 2. The Morgan fingerprint density at radius 2 is 2.11 bits per heavy atom. The molecule has 2 rings (SSSR count). The van der Waals surface area contributed by atoms with Crippen molar-refractivity contribution in [1.29, 1.82) is 5.26 Å². The summed E-state index contributed by atoms with van der Waals surface area (Å²) in [4.78, 5) is 12.1. The molecule has 1 aromatic rings. The fraction of sp³-hybridized carbons (Fsp3) is 0.385. The number of rotatable bonds is 2. The number of halogens is 1. The Kier molecular flexibility index (Phi) is 3.44. The van der Waals surface area contributed by atoms with Crippen LogP contribution in [0.3, 0.4) is 0 Å². The SMILES string of the molecule is N#CC1(NC(=O)c2cc(O)ccc2Cl)CCCC1. The summed E-state index contributed by atoms with van der Waals surface area (Å²) in [5, 5.41) is 21.5. The smallest absolute Gasteiger partial charge is 0.254 e. The van der Waals surface area contributed by atoms with Gasteiger partial charge in [0.05, 0.1) is 16.7 Å². The number of phenolic OH excluding ortho intramolecular Hbond substituents is 1. The zero-order chi connectivity index (χ0) is 13.2. The standard InChI is InChI=1S/C13H13ClN2O2/c14-11-4-3-9(17)7-10(11)12(18)16-13(8-15)5-1-2-6-13/h3-4,7,17H,1-2,5-6H2,(H,16,18). The number of phenols is 1. The van der Waals surface area contributed by atoms with Gasteiger partial charge in [-0.25, -0.2) is 0 Å². The molecule has 1 aliphatic rings. The molecule has 0 bridgehead atoms. The van der Waals surface area contributed by atoms with Crippen LogP contribution in [0.1, 0.15) is 36.0 Å². The topological polar surface area (TPSA) is 73.1 Å². The second-order valence-corrected chi connectivity index (χ2v) is 4.93. The lowest BCUT2D eigenvalue weighted by Crippen LogP contribution is -2.45. The van der Waals surface area contributed by atoms with E-state index in [1.807, 2.05) is 0 Å². The molecule has 1 fully saturated rings. The Labute approximate surface area is 110 Å². The Morgan fingerprint density at radius 3 is 2.72 bits per heavy atom. The van der Waals surface area contributed by atoms with Gasteiger partial charge in [0.25, 0.3) is 5.91 Å². The molecule has 1 aromatic carbocycles. The number of benzene rings is 1. The van der Waals surface area contributed by atoms with E-state index in [2.05, 4.69) is 11.4 Å². The number of hydrogen-bond acceptors (Lipinski definition) is 3. The number of amides is 1. The summed E-state index contributed by atoms with van der Waals surface area (Å²) in [5.74, 6) is -0.443. The van der Waals surface area contributed by atoms with E-state index in [4.69, 9.17) is 11.6 Å². The van der Waals surface area contributed by atoms with Crippen LogP contribution in [0.2, 0.25) is 5.02 Å². The number of nitriles is 1. The summed E-state index contributed by atoms with van der Waals surface area (Å²) >= 11 is 5.91. The minimum absolute atomic E-state index is 0.0259. The molecule has 0 saturated heterocycles. The summed E-state index contributed by atoms with van der Waals surface area (Å²) in [7, 11) is 0. The van der Waals surface area contributed by atoms with Crippen LogP contribution in [-0.4, -0.2) is 16.6 Å². The number of nitrogens with zero attached hydrogens (tertiary/aromatic N) is 1. The van der Waals surface area contributed by atoms with E-state index < -0.39 is 11.4 Å². The first kappa shape index (κ1) is 12.7. The molecule has 0 aromatic heterocycles. The normalized spacial score (nSPS) is 17.1. The van der Waals surface area contributed by atoms with Crippen LogP contribution in [0.25, 0.3) is 0 Å². The van der Waals surface area contributed by atoms with E-state index in [0.29, 0.717) is 12.8 Å². The van der Waals surface area contributed by atoms with Crippen LogP contribution in [0.15, 0.2) is 18.2 Å². The number of carbonyl (C=O) groups excluding carboxylic acids is 1. The first-order chi connectivity index (χ1) is 8.56. The number of carbonyl (C=O) groups is 1. The van der Waals surface area contributed by atoms with Gasteiger partial charge in [-0.3, -0.25) is 4.79 Å². The van der Waals surface area contributed by atoms with Crippen molar-refractivity contribution in [3.05, 3.63) is 28.8 Å². The van der Waals surface area contributed by atoms with Crippen molar-refractivity contribution in [2.45, 2.75) is 31.2 Å². The van der Waals surface area contributed by atoms with Crippen molar-refractivity contribution in [1.82, 2.24) is 5.32 Å². The summed E-state index contributed by atoms with van der Waals surface area (Å²) in [6.07, 6.45) is 3.18. The second kappa shape index (κ2) is 4.87. The van der Waals surface area contributed by atoms with E-state index in [-0.39, 0.29) is 16.3 Å². The lowest BCUT2D eigenvalue weighted by molar-refractivity contribution is 0.0920. The van der Waals surface area contributed by atoms with Gasteiger partial charge in [0, 0.05) is 0 Å². The maximum Gasteiger partial charge on any atom is 0.254 e. The molecule has 0 atom stereocenters. The highest BCUT2D eigenvalue weighted by Crippen LogP contribution is 2.30. The third-order valence-electron chi connectivity index (χ3n) is 3.22. The minimum atomic E-state index is -0.786. The molecule has 0 unspecified atom stereocenters. The highest BCUT2D eigenvalue weighted by molar-refractivity contribution is 6.33. The molecule has 0 radical (unpaired) electrons. The van der Waals surface area contributed by atoms with Gasteiger partial charge in [0.15, 0.2) is 0 Å². The molecular formula is C13H13ClN2O2. The third-order valence-corrected chi connectivity index (χ3v) is 3.55. The highest BCUT2D eigenvalue weighted by Gasteiger charge is 2.35. The molecule has 0 heterocycles. The van der Waals surface area contributed by atoms with E-state index >= 15 is 0 Å². The van der Waals surface area contributed by atoms with Gasteiger partial charge in [-0.2, -0.15) is 5.26 Å². The van der Waals surface area contributed by atoms with Crippen molar-refractivity contribution >= 4 is 17.5 Å². The molecule has 1 saturated carbocycles. The van der Waals surface area contributed by atoms with Crippen molar-refractivity contribution in [3.63, 3.8) is 0 Å². The first-order valence-electron chi connectivity index (χ1n) is 5.79. The molecule has 1 amide bonds. The third kappa shape index (κ3) is 2.41. The molecule has 94 valence electrons. The van der Waals surface area contributed by atoms with Crippen LogP contribution in [-0.2, 0) is 0 Å². The van der Waals surface area contributed by atoms with Gasteiger partial charge < -0.3 is 10.4 Å². The minimum Gasteiger partial charge on any atom is -0.508 e. The second-order valence-electron chi connectivity index (χ2n) is 4.52. The summed E-state index contributed by atoms with van der Waals surface area (Å²) in [6, 6.07) is 6.35. The van der Waals surface area contributed by atoms with Crippen molar-refractivity contribution in [2.75, 3.05) is 0 Å². The first-order valence-corrected chi connectivity index (χ1v) is 6.16. The maximum absolute atomic E-state index is 12.1. The molecule has 1 aliphatic carbocycles. The fourth-order valence-electron chi connectivity index (χ4n) is 2.22. The summed E-state index contributed by atoms with van der Waals surface area (Å²) in [5.41, 5.74) is -0.593. The van der Waals surface area contributed by atoms with Crippen LogP contribution in [0.5, 0.6) is 5.75 Å². The molecule has 0 spiro atoms. The van der Waals surface area contributed by atoms with E-state index in [9.17, 15) is 15.2 Å². The van der Waals surface area contributed by atoms with E-state index in [1.54, 1.807) is 0 Å². The lowest BCUT2D eigenvalue weighted by atomic mass is 9.99. The lowest BCUT2D eigenvalue weighted by Gasteiger charge is -2.22. The quantitative estimate of drug-likeness (QED) is 0.862. The monoisotopic (exact) mass is 264 g/mol. The van der Waals surface area contributed by atoms with Crippen LogP contribution in [0, 0.1) is 11.3 Å². The van der Waals surface area contributed by atoms with Crippen LogP contribution < -0.4 is 5.32 Å². The zero-order valence-corrected chi connectivity index (χ0v) is 10.5. The Hall–Kier alpha value is -1.73. The summed E-state index contributed by atoms with van der Waals surface area (Å²) < 4.78 is 0. The molecule has 4 nitrogen and oxygen atoms in total. The van der Waals surface area contributed by atoms with Gasteiger partial charge in [-0.05, 0) is 43.9 Å². The molecule has 2 N–H and O–H groups in total. The number of nitrogens with one attached hydrogen (secondary N) is 1. The van der Waals surface area contributed by atoms with Crippen LogP contribution in [0.4, 0.5) is 0 Å². The maximum atomic E-state index is 12.1. The Morgan fingerprint density at radius 1 is 1.44 bits per heavy atom. The van der Waals surface area contributed by atoms with Gasteiger partial charge in [0.1, 0.15) is 11.3 Å². The van der Waals surface area contributed by atoms with Gasteiger partial charge >= 0.3 is 0 Å². The van der Waals surface area contributed by atoms with Gasteiger partial charge in [-0.1, -0.05) is 11.6 Å². The van der Waals surface area contributed by atoms with Crippen molar-refractivity contribution < 1.29 is 9.90 Å². The predicted octanol–water partition coefficient (Wildman–Crippen LogP) is 2.61. The van der Waals surface area contributed by atoms with E-state index in [1.165, 1.54) is 18.2 Å².